The number of likely N-dealkylation sites (tertiary alicyclic amines) is 1. The molecule has 0 radical (unpaired) electrons. The molecule has 0 aliphatic carbocycles. The van der Waals surface area contributed by atoms with Crippen LogP contribution in [0.4, 0.5) is 13.2 Å². The van der Waals surface area contributed by atoms with Gasteiger partial charge < -0.3 is 9.64 Å². The van der Waals surface area contributed by atoms with E-state index in [1.54, 1.807) is 17.2 Å². The molecule has 1 amide bonds. The Kier molecular flexibility index (Phi) is 4.65. The number of carbonyl (C=O) groups excluding carboxylic acids is 1. The van der Waals surface area contributed by atoms with Gasteiger partial charge >= 0.3 is 6.18 Å². The van der Waals surface area contributed by atoms with E-state index in [0.717, 1.165) is 17.7 Å². The maximum atomic E-state index is 12.6. The smallest absolute Gasteiger partial charge is 0.416 e. The lowest BCUT2D eigenvalue weighted by Gasteiger charge is -2.17. The Morgan fingerprint density at radius 3 is 2.52 bits per heavy atom. The monoisotopic (exact) mass is 350 g/mol. The number of pyridine rings is 1. The van der Waals surface area contributed by atoms with Gasteiger partial charge in [0.25, 0.3) is 5.91 Å². The van der Waals surface area contributed by atoms with E-state index in [1.165, 1.54) is 12.1 Å². The first-order valence-corrected chi connectivity index (χ1v) is 7.89. The van der Waals surface area contributed by atoms with Crippen molar-refractivity contribution in [2.75, 3.05) is 13.1 Å². The van der Waals surface area contributed by atoms with Crippen molar-refractivity contribution < 1.29 is 22.7 Å². The minimum absolute atomic E-state index is 0.173. The van der Waals surface area contributed by atoms with Gasteiger partial charge in [-0.3, -0.25) is 4.79 Å². The van der Waals surface area contributed by atoms with Crippen molar-refractivity contribution >= 4 is 5.91 Å². The summed E-state index contributed by atoms with van der Waals surface area (Å²) in [5, 5.41) is 0. The lowest BCUT2D eigenvalue weighted by molar-refractivity contribution is -0.137. The molecular weight excluding hydrogens is 333 g/mol. The summed E-state index contributed by atoms with van der Waals surface area (Å²) in [4.78, 5) is 18.2. The molecule has 1 fully saturated rings. The van der Waals surface area contributed by atoms with Gasteiger partial charge in [0.1, 0.15) is 6.10 Å². The van der Waals surface area contributed by atoms with Crippen molar-refractivity contribution in [3.8, 4) is 5.88 Å². The summed E-state index contributed by atoms with van der Waals surface area (Å²) in [5.41, 5.74) is 0.497. The number of hydrogen-bond acceptors (Lipinski definition) is 3. The lowest BCUT2D eigenvalue weighted by Crippen LogP contribution is -2.31. The molecule has 1 aliphatic rings. The van der Waals surface area contributed by atoms with E-state index in [2.05, 4.69) is 4.98 Å². The van der Waals surface area contributed by atoms with E-state index < -0.39 is 11.7 Å². The molecule has 1 aromatic carbocycles. The number of rotatable bonds is 3. The lowest BCUT2D eigenvalue weighted by atomic mass is 10.1. The third-order valence-electron chi connectivity index (χ3n) is 4.06. The standard InChI is InChI=1S/C18H17F3N2O2/c1-12-2-7-16(22-10-12)25-15-8-9-23(11-15)17(24)13-3-5-14(6-4-13)18(19,20)21/h2-7,10,15H,8-9,11H2,1H3. The summed E-state index contributed by atoms with van der Waals surface area (Å²) >= 11 is 0. The summed E-state index contributed by atoms with van der Waals surface area (Å²) in [6.07, 6.45) is -2.22. The molecule has 4 nitrogen and oxygen atoms in total. The van der Waals surface area contributed by atoms with Crippen LogP contribution >= 0.6 is 0 Å². The maximum absolute atomic E-state index is 12.6. The first kappa shape index (κ1) is 17.3. The number of benzene rings is 1. The Morgan fingerprint density at radius 2 is 1.92 bits per heavy atom. The Balaban J connectivity index is 1.61. The molecule has 7 heteroatoms. The predicted octanol–water partition coefficient (Wildman–Crippen LogP) is 3.70. The van der Waals surface area contributed by atoms with Crippen molar-refractivity contribution in [3.63, 3.8) is 0 Å². The van der Waals surface area contributed by atoms with Crippen LogP contribution in [0.25, 0.3) is 0 Å². The molecule has 25 heavy (non-hydrogen) atoms. The highest BCUT2D eigenvalue weighted by Crippen LogP contribution is 2.29. The normalized spacial score (nSPS) is 17.6. The fraction of sp³-hybridized carbons (Fsp3) is 0.333. The zero-order valence-corrected chi connectivity index (χ0v) is 13.6. The van der Waals surface area contributed by atoms with Gasteiger partial charge in [-0.05, 0) is 36.8 Å². The van der Waals surface area contributed by atoms with E-state index in [4.69, 9.17) is 4.74 Å². The molecule has 132 valence electrons. The second-order valence-corrected chi connectivity index (χ2v) is 6.03. The second-order valence-electron chi connectivity index (χ2n) is 6.03. The van der Waals surface area contributed by atoms with Crippen molar-refractivity contribution in [1.82, 2.24) is 9.88 Å². The molecule has 0 spiro atoms. The second kappa shape index (κ2) is 6.74. The summed E-state index contributed by atoms with van der Waals surface area (Å²) in [7, 11) is 0. The quantitative estimate of drug-likeness (QED) is 0.848. The maximum Gasteiger partial charge on any atom is 0.416 e. The van der Waals surface area contributed by atoms with Gasteiger partial charge in [0.15, 0.2) is 0 Å². The molecular formula is C18H17F3N2O2. The number of aromatic nitrogens is 1. The molecule has 3 rings (SSSR count). The molecule has 1 atom stereocenters. The minimum atomic E-state index is -4.41. The molecule has 1 aromatic heterocycles. The average Bonchev–Trinajstić information content (AvgIpc) is 3.04. The minimum Gasteiger partial charge on any atom is -0.472 e. The Bertz CT molecular complexity index is 742. The van der Waals surface area contributed by atoms with Crippen LogP contribution < -0.4 is 4.74 Å². The zero-order valence-electron chi connectivity index (χ0n) is 13.6. The summed E-state index contributed by atoms with van der Waals surface area (Å²) in [5.74, 6) is 0.205. The van der Waals surface area contributed by atoms with Crippen molar-refractivity contribution in [1.29, 1.82) is 0 Å². The number of ether oxygens (including phenoxy) is 1. The number of aryl methyl sites for hydroxylation is 1. The highest BCUT2D eigenvalue weighted by molar-refractivity contribution is 5.94. The molecule has 2 heterocycles. The fourth-order valence-corrected chi connectivity index (χ4v) is 2.69. The molecule has 0 saturated carbocycles. The van der Waals surface area contributed by atoms with Gasteiger partial charge in [0, 0.05) is 30.8 Å². The van der Waals surface area contributed by atoms with Crippen LogP contribution in [0.15, 0.2) is 42.6 Å². The summed E-state index contributed by atoms with van der Waals surface area (Å²) < 4.78 is 43.5. The van der Waals surface area contributed by atoms with Crippen LogP contribution in [-0.2, 0) is 6.18 Å². The average molecular weight is 350 g/mol. The van der Waals surface area contributed by atoms with Crippen LogP contribution in [0.5, 0.6) is 5.88 Å². The number of halogens is 3. The number of alkyl halides is 3. The van der Waals surface area contributed by atoms with Crippen molar-refractivity contribution in [2.45, 2.75) is 25.6 Å². The molecule has 0 bridgehead atoms. The fourth-order valence-electron chi connectivity index (χ4n) is 2.69. The van der Waals surface area contributed by atoms with E-state index in [0.29, 0.717) is 25.4 Å². The molecule has 0 N–H and O–H groups in total. The summed E-state index contributed by atoms with van der Waals surface area (Å²) in [6.45, 7) is 2.81. The van der Waals surface area contributed by atoms with E-state index in [9.17, 15) is 18.0 Å². The van der Waals surface area contributed by atoms with Gasteiger partial charge in [0.05, 0.1) is 12.1 Å². The highest BCUT2D eigenvalue weighted by Gasteiger charge is 2.32. The SMILES string of the molecule is Cc1ccc(OC2CCN(C(=O)c3ccc(C(F)(F)F)cc3)C2)nc1. The number of hydrogen-bond donors (Lipinski definition) is 0. The van der Waals surface area contributed by atoms with Crippen LogP contribution in [0, 0.1) is 6.92 Å². The predicted molar refractivity (Wildman–Crippen MR) is 85.4 cm³/mol. The van der Waals surface area contributed by atoms with E-state index >= 15 is 0 Å². The first-order valence-electron chi connectivity index (χ1n) is 7.89. The van der Waals surface area contributed by atoms with Crippen LogP contribution in [0.2, 0.25) is 0 Å². The Morgan fingerprint density at radius 1 is 1.20 bits per heavy atom. The third kappa shape index (κ3) is 4.10. The third-order valence-corrected chi connectivity index (χ3v) is 4.06. The van der Waals surface area contributed by atoms with Gasteiger partial charge in [-0.2, -0.15) is 13.2 Å². The first-order chi connectivity index (χ1) is 11.8. The van der Waals surface area contributed by atoms with Crippen LogP contribution in [-0.4, -0.2) is 35.0 Å². The number of amides is 1. The van der Waals surface area contributed by atoms with E-state index in [1.807, 2.05) is 13.0 Å². The molecule has 1 unspecified atom stereocenters. The summed E-state index contributed by atoms with van der Waals surface area (Å²) in [6, 6.07) is 7.93. The molecule has 2 aromatic rings. The largest absolute Gasteiger partial charge is 0.472 e. The van der Waals surface area contributed by atoms with Gasteiger partial charge in [-0.25, -0.2) is 4.98 Å². The number of carbonyl (C=O) groups is 1. The topological polar surface area (TPSA) is 42.4 Å². The van der Waals surface area contributed by atoms with Gasteiger partial charge in [0.2, 0.25) is 5.88 Å². The zero-order chi connectivity index (χ0) is 18.0. The molecule has 1 saturated heterocycles. The Hall–Kier alpha value is -2.57. The van der Waals surface area contributed by atoms with Crippen LogP contribution in [0.1, 0.15) is 27.9 Å². The van der Waals surface area contributed by atoms with Gasteiger partial charge in [-0.15, -0.1) is 0 Å². The van der Waals surface area contributed by atoms with Crippen LogP contribution in [0.3, 0.4) is 0 Å². The molecule has 1 aliphatic heterocycles. The van der Waals surface area contributed by atoms with E-state index in [-0.39, 0.29) is 17.6 Å². The van der Waals surface area contributed by atoms with Crippen molar-refractivity contribution in [2.24, 2.45) is 0 Å². The highest BCUT2D eigenvalue weighted by atomic mass is 19.4. The van der Waals surface area contributed by atoms with Crippen molar-refractivity contribution in [3.05, 3.63) is 59.3 Å². The number of nitrogens with zero attached hydrogens (tertiary/aromatic N) is 2. The van der Waals surface area contributed by atoms with Gasteiger partial charge in [-0.1, -0.05) is 6.07 Å². The Labute approximate surface area is 143 Å².